The van der Waals surface area contributed by atoms with Crippen molar-refractivity contribution in [1.82, 2.24) is 5.32 Å². The summed E-state index contributed by atoms with van der Waals surface area (Å²) in [4.78, 5) is 11.9. The maximum atomic E-state index is 13.7. The molecule has 0 aliphatic rings. The summed E-state index contributed by atoms with van der Waals surface area (Å²) in [6.07, 6.45) is 0.323. The molecular formula is C13H18FNO4. The molecule has 0 heterocycles. The molecule has 0 bridgehead atoms. The topological polar surface area (TPSA) is 78.8 Å². The molecule has 0 unspecified atom stereocenters. The Kier molecular flexibility index (Phi) is 5.26. The van der Waals surface area contributed by atoms with E-state index in [0.717, 1.165) is 6.07 Å². The van der Waals surface area contributed by atoms with Gasteiger partial charge in [0.25, 0.3) is 5.91 Å². The predicted molar refractivity (Wildman–Crippen MR) is 67.6 cm³/mol. The Morgan fingerprint density at radius 1 is 1.42 bits per heavy atom. The third kappa shape index (κ3) is 3.42. The molecule has 1 aromatic carbocycles. The van der Waals surface area contributed by atoms with Gasteiger partial charge in [-0.15, -0.1) is 0 Å². The van der Waals surface area contributed by atoms with Crippen LogP contribution >= 0.6 is 0 Å². The molecule has 106 valence electrons. The van der Waals surface area contributed by atoms with Crippen LogP contribution in [0.2, 0.25) is 0 Å². The first-order valence-electron chi connectivity index (χ1n) is 5.89. The first-order valence-corrected chi connectivity index (χ1v) is 5.89. The second-order valence-electron chi connectivity index (χ2n) is 4.25. The lowest BCUT2D eigenvalue weighted by molar-refractivity contribution is 0.0650. The summed E-state index contributed by atoms with van der Waals surface area (Å²) in [6.45, 7) is 0.851. The van der Waals surface area contributed by atoms with Crippen LogP contribution in [-0.4, -0.2) is 42.0 Å². The smallest absolute Gasteiger partial charge is 0.254 e. The van der Waals surface area contributed by atoms with Crippen molar-refractivity contribution in [2.24, 2.45) is 0 Å². The molecule has 0 spiro atoms. The number of ether oxygens (including phenoxy) is 1. The SMILES string of the molecule is CCC(CO)(CO)NC(=O)c1ccc(OC)cc1F. The number of carbonyl (C=O) groups excluding carboxylic acids is 1. The van der Waals surface area contributed by atoms with E-state index in [2.05, 4.69) is 5.32 Å². The molecular weight excluding hydrogens is 253 g/mol. The summed E-state index contributed by atoms with van der Waals surface area (Å²) in [7, 11) is 1.40. The molecule has 1 amide bonds. The minimum absolute atomic E-state index is 0.166. The van der Waals surface area contributed by atoms with Crippen LogP contribution in [0.15, 0.2) is 18.2 Å². The van der Waals surface area contributed by atoms with Gasteiger partial charge in [0.05, 0.1) is 31.4 Å². The Balaban J connectivity index is 2.95. The number of methoxy groups -OCH3 is 1. The monoisotopic (exact) mass is 271 g/mol. The molecule has 0 radical (unpaired) electrons. The second-order valence-corrected chi connectivity index (χ2v) is 4.25. The zero-order valence-corrected chi connectivity index (χ0v) is 10.9. The van der Waals surface area contributed by atoms with Gasteiger partial charge in [-0.25, -0.2) is 4.39 Å². The van der Waals surface area contributed by atoms with Crippen LogP contribution in [0.3, 0.4) is 0 Å². The molecule has 0 fully saturated rings. The standard InChI is InChI=1S/C13H18FNO4/c1-3-13(7-16,8-17)15-12(18)10-5-4-9(19-2)6-11(10)14/h4-6,16-17H,3,7-8H2,1-2H3,(H,15,18). The number of aliphatic hydroxyl groups excluding tert-OH is 2. The van der Waals surface area contributed by atoms with Crippen molar-refractivity contribution in [3.8, 4) is 5.75 Å². The summed E-state index contributed by atoms with van der Waals surface area (Å²) in [6, 6.07) is 3.85. The van der Waals surface area contributed by atoms with Crippen LogP contribution in [-0.2, 0) is 0 Å². The summed E-state index contributed by atoms with van der Waals surface area (Å²) in [5.74, 6) is -1.11. The molecule has 6 heteroatoms. The summed E-state index contributed by atoms with van der Waals surface area (Å²) < 4.78 is 18.6. The van der Waals surface area contributed by atoms with E-state index in [-0.39, 0.29) is 5.56 Å². The van der Waals surface area contributed by atoms with Crippen molar-refractivity contribution >= 4 is 5.91 Å². The van der Waals surface area contributed by atoms with E-state index in [0.29, 0.717) is 12.2 Å². The molecule has 0 aromatic heterocycles. The largest absolute Gasteiger partial charge is 0.497 e. The molecule has 0 aliphatic carbocycles. The van der Waals surface area contributed by atoms with Crippen molar-refractivity contribution < 1.29 is 24.1 Å². The van der Waals surface area contributed by atoms with Gasteiger partial charge in [0.2, 0.25) is 0 Å². The lowest BCUT2D eigenvalue weighted by atomic mass is 9.97. The molecule has 19 heavy (non-hydrogen) atoms. The van der Waals surface area contributed by atoms with Gasteiger partial charge in [-0.2, -0.15) is 0 Å². The Bertz CT molecular complexity index is 438. The van der Waals surface area contributed by atoms with Crippen LogP contribution < -0.4 is 10.1 Å². The van der Waals surface area contributed by atoms with Crippen molar-refractivity contribution in [2.75, 3.05) is 20.3 Å². The number of amides is 1. The number of hydrogen-bond acceptors (Lipinski definition) is 4. The zero-order chi connectivity index (χ0) is 14.5. The fraction of sp³-hybridized carbons (Fsp3) is 0.462. The van der Waals surface area contributed by atoms with Crippen molar-refractivity contribution in [1.29, 1.82) is 0 Å². The van der Waals surface area contributed by atoms with E-state index in [1.54, 1.807) is 6.92 Å². The fourth-order valence-corrected chi connectivity index (χ4v) is 1.56. The number of rotatable bonds is 6. The number of aliphatic hydroxyl groups is 2. The predicted octanol–water partition coefficient (Wildman–Crippen LogP) is 0.698. The maximum Gasteiger partial charge on any atom is 0.254 e. The summed E-state index contributed by atoms with van der Waals surface area (Å²) in [5.41, 5.74) is -1.32. The fourth-order valence-electron chi connectivity index (χ4n) is 1.56. The van der Waals surface area contributed by atoms with E-state index in [4.69, 9.17) is 4.74 Å². The van der Waals surface area contributed by atoms with Crippen LogP contribution in [0.25, 0.3) is 0 Å². The normalized spacial score (nSPS) is 11.2. The van der Waals surface area contributed by atoms with Crippen LogP contribution in [0, 0.1) is 5.82 Å². The zero-order valence-electron chi connectivity index (χ0n) is 10.9. The molecule has 0 saturated carbocycles. The number of hydrogen-bond donors (Lipinski definition) is 3. The van der Waals surface area contributed by atoms with Crippen molar-refractivity contribution in [2.45, 2.75) is 18.9 Å². The number of halogens is 1. The van der Waals surface area contributed by atoms with Gasteiger partial charge in [-0.1, -0.05) is 6.92 Å². The number of carbonyl (C=O) groups is 1. The van der Waals surface area contributed by atoms with E-state index in [1.807, 2.05) is 0 Å². The van der Waals surface area contributed by atoms with Gasteiger partial charge >= 0.3 is 0 Å². The molecule has 1 rings (SSSR count). The Hall–Kier alpha value is -1.66. The second kappa shape index (κ2) is 6.49. The number of nitrogens with one attached hydrogen (secondary N) is 1. The molecule has 0 aliphatic heterocycles. The molecule has 0 saturated heterocycles. The first kappa shape index (κ1) is 15.4. The van der Waals surface area contributed by atoms with E-state index in [1.165, 1.54) is 19.2 Å². The third-order valence-electron chi connectivity index (χ3n) is 3.08. The molecule has 3 N–H and O–H groups in total. The van der Waals surface area contributed by atoms with E-state index >= 15 is 0 Å². The van der Waals surface area contributed by atoms with Crippen LogP contribution in [0.5, 0.6) is 5.75 Å². The average molecular weight is 271 g/mol. The highest BCUT2D eigenvalue weighted by atomic mass is 19.1. The molecule has 0 atom stereocenters. The lowest BCUT2D eigenvalue weighted by Gasteiger charge is -2.29. The molecule has 5 nitrogen and oxygen atoms in total. The third-order valence-corrected chi connectivity index (χ3v) is 3.08. The quantitative estimate of drug-likeness (QED) is 0.711. The van der Waals surface area contributed by atoms with Crippen molar-refractivity contribution in [3.63, 3.8) is 0 Å². The first-order chi connectivity index (χ1) is 9.01. The van der Waals surface area contributed by atoms with Crippen LogP contribution in [0.1, 0.15) is 23.7 Å². The lowest BCUT2D eigenvalue weighted by Crippen LogP contribution is -2.53. The molecule has 1 aromatic rings. The van der Waals surface area contributed by atoms with E-state index in [9.17, 15) is 19.4 Å². The van der Waals surface area contributed by atoms with E-state index < -0.39 is 30.5 Å². The van der Waals surface area contributed by atoms with Gasteiger partial charge in [-0.05, 0) is 18.6 Å². The minimum atomic E-state index is -1.15. The van der Waals surface area contributed by atoms with Gasteiger partial charge in [0.1, 0.15) is 11.6 Å². The number of benzene rings is 1. The maximum absolute atomic E-state index is 13.7. The Labute approximate surface area is 111 Å². The van der Waals surface area contributed by atoms with Gasteiger partial charge in [0.15, 0.2) is 0 Å². The highest BCUT2D eigenvalue weighted by molar-refractivity contribution is 5.95. The summed E-state index contributed by atoms with van der Waals surface area (Å²) in [5, 5.41) is 20.9. The van der Waals surface area contributed by atoms with Gasteiger partial charge in [0, 0.05) is 6.07 Å². The highest BCUT2D eigenvalue weighted by Crippen LogP contribution is 2.17. The van der Waals surface area contributed by atoms with Gasteiger partial charge in [-0.3, -0.25) is 4.79 Å². The Morgan fingerprint density at radius 2 is 2.05 bits per heavy atom. The highest BCUT2D eigenvalue weighted by Gasteiger charge is 2.29. The Morgan fingerprint density at radius 3 is 2.47 bits per heavy atom. The average Bonchev–Trinajstić information content (AvgIpc) is 2.44. The van der Waals surface area contributed by atoms with Crippen LogP contribution in [0.4, 0.5) is 4.39 Å². The summed E-state index contributed by atoms with van der Waals surface area (Å²) >= 11 is 0. The van der Waals surface area contributed by atoms with Gasteiger partial charge < -0.3 is 20.3 Å². The van der Waals surface area contributed by atoms with Crippen molar-refractivity contribution in [3.05, 3.63) is 29.6 Å². The minimum Gasteiger partial charge on any atom is -0.497 e.